The molecule has 0 spiro atoms. The average Bonchev–Trinajstić information content (AvgIpc) is 2.61. The van der Waals surface area contributed by atoms with Gasteiger partial charge in [0.15, 0.2) is 0 Å². The molecule has 0 N–H and O–H groups in total. The fourth-order valence-corrected chi connectivity index (χ4v) is 2.23. The predicted molar refractivity (Wildman–Crippen MR) is 98.6 cm³/mol. The van der Waals surface area contributed by atoms with E-state index in [1.807, 2.05) is 24.3 Å². The summed E-state index contributed by atoms with van der Waals surface area (Å²) in [5, 5.41) is 0. The summed E-state index contributed by atoms with van der Waals surface area (Å²) in [4.78, 5) is 0. The van der Waals surface area contributed by atoms with Crippen molar-refractivity contribution in [3.63, 3.8) is 0 Å². The Labute approximate surface area is 140 Å². The van der Waals surface area contributed by atoms with Gasteiger partial charge in [0.2, 0.25) is 0 Å². The summed E-state index contributed by atoms with van der Waals surface area (Å²) in [6, 6.07) is 16.2. The van der Waals surface area contributed by atoms with Crippen LogP contribution in [0.3, 0.4) is 0 Å². The normalized spacial score (nSPS) is 10.3. The standard InChI is InChI=1S/C22H24O/c1-3-4-5-6-7-8-19-9-11-20(12-10-19)13-14-21-15-17-22(23-2)18-16-21/h7-12,15-18H,3-6H2,1-2H3. The Hall–Kier alpha value is -2.46. The molecule has 0 aliphatic rings. The lowest BCUT2D eigenvalue weighted by molar-refractivity contribution is 0.415. The minimum atomic E-state index is 0.852. The highest BCUT2D eigenvalue weighted by molar-refractivity contribution is 5.52. The van der Waals surface area contributed by atoms with E-state index in [2.05, 4.69) is 55.2 Å². The molecule has 0 aliphatic heterocycles. The van der Waals surface area contributed by atoms with Gasteiger partial charge in [0.1, 0.15) is 5.75 Å². The first-order valence-electron chi connectivity index (χ1n) is 8.24. The van der Waals surface area contributed by atoms with E-state index in [4.69, 9.17) is 4.74 Å². The van der Waals surface area contributed by atoms with E-state index < -0.39 is 0 Å². The zero-order valence-corrected chi connectivity index (χ0v) is 14.0. The van der Waals surface area contributed by atoms with Crippen molar-refractivity contribution < 1.29 is 4.74 Å². The number of rotatable bonds is 6. The Kier molecular flexibility index (Phi) is 7.01. The molecule has 0 saturated heterocycles. The molecule has 0 heterocycles. The molecule has 0 radical (unpaired) electrons. The van der Waals surface area contributed by atoms with Crippen molar-refractivity contribution in [2.45, 2.75) is 32.6 Å². The van der Waals surface area contributed by atoms with Crippen LogP contribution in [0.1, 0.15) is 49.3 Å². The topological polar surface area (TPSA) is 9.23 Å². The molecule has 2 aromatic rings. The summed E-state index contributed by atoms with van der Waals surface area (Å²) >= 11 is 0. The third kappa shape index (κ3) is 6.04. The van der Waals surface area contributed by atoms with Crippen LogP contribution >= 0.6 is 0 Å². The van der Waals surface area contributed by atoms with Crippen molar-refractivity contribution in [2.24, 2.45) is 0 Å². The average molecular weight is 304 g/mol. The van der Waals surface area contributed by atoms with E-state index in [1.165, 1.54) is 24.8 Å². The lowest BCUT2D eigenvalue weighted by Crippen LogP contribution is -1.82. The third-order valence-corrected chi connectivity index (χ3v) is 3.64. The first kappa shape index (κ1) is 16.9. The molecule has 2 aromatic carbocycles. The largest absolute Gasteiger partial charge is 0.497 e. The summed E-state index contributed by atoms with van der Waals surface area (Å²) < 4.78 is 5.14. The third-order valence-electron chi connectivity index (χ3n) is 3.64. The van der Waals surface area contributed by atoms with Gasteiger partial charge in [-0.1, -0.05) is 55.9 Å². The van der Waals surface area contributed by atoms with Crippen LogP contribution in [0.25, 0.3) is 6.08 Å². The van der Waals surface area contributed by atoms with E-state index >= 15 is 0 Å². The molecule has 23 heavy (non-hydrogen) atoms. The second kappa shape index (κ2) is 9.54. The Morgan fingerprint density at radius 3 is 2.04 bits per heavy atom. The zero-order chi connectivity index (χ0) is 16.3. The molecule has 0 bridgehead atoms. The van der Waals surface area contributed by atoms with Crippen molar-refractivity contribution in [3.8, 4) is 17.6 Å². The highest BCUT2D eigenvalue weighted by Gasteiger charge is 1.91. The fraction of sp³-hybridized carbons (Fsp3) is 0.273. The van der Waals surface area contributed by atoms with E-state index in [0.717, 1.165) is 23.3 Å². The van der Waals surface area contributed by atoms with Gasteiger partial charge < -0.3 is 4.74 Å². The minimum Gasteiger partial charge on any atom is -0.497 e. The predicted octanol–water partition coefficient (Wildman–Crippen LogP) is 5.69. The van der Waals surface area contributed by atoms with Gasteiger partial charge >= 0.3 is 0 Å². The van der Waals surface area contributed by atoms with E-state index in [0.29, 0.717) is 0 Å². The number of hydrogen-bond acceptors (Lipinski definition) is 1. The first-order valence-corrected chi connectivity index (χ1v) is 8.24. The number of benzene rings is 2. The Morgan fingerprint density at radius 2 is 1.48 bits per heavy atom. The summed E-state index contributed by atoms with van der Waals surface area (Å²) in [7, 11) is 1.67. The molecule has 1 heteroatoms. The first-order chi connectivity index (χ1) is 11.3. The van der Waals surface area contributed by atoms with Gasteiger partial charge in [-0.25, -0.2) is 0 Å². The van der Waals surface area contributed by atoms with Gasteiger partial charge in [0.25, 0.3) is 0 Å². The molecule has 0 atom stereocenters. The number of unbranched alkanes of at least 4 members (excludes halogenated alkanes) is 3. The monoisotopic (exact) mass is 304 g/mol. The Bertz CT molecular complexity index is 667. The lowest BCUT2D eigenvalue weighted by Gasteiger charge is -1.98. The molecular formula is C22H24O. The van der Waals surface area contributed by atoms with E-state index in [9.17, 15) is 0 Å². The van der Waals surface area contributed by atoms with Crippen LogP contribution in [0.15, 0.2) is 54.6 Å². The molecule has 0 aliphatic carbocycles. The fourth-order valence-electron chi connectivity index (χ4n) is 2.23. The van der Waals surface area contributed by atoms with Crippen molar-refractivity contribution in [1.29, 1.82) is 0 Å². The van der Waals surface area contributed by atoms with Gasteiger partial charge in [-0.3, -0.25) is 0 Å². The van der Waals surface area contributed by atoms with E-state index in [-0.39, 0.29) is 0 Å². The summed E-state index contributed by atoms with van der Waals surface area (Å²) in [5.74, 6) is 7.22. The summed E-state index contributed by atoms with van der Waals surface area (Å²) in [5.41, 5.74) is 3.26. The molecule has 1 nitrogen and oxygen atoms in total. The second-order valence-corrected chi connectivity index (χ2v) is 5.50. The van der Waals surface area contributed by atoms with Crippen molar-refractivity contribution in [3.05, 3.63) is 71.3 Å². The molecule has 0 saturated carbocycles. The minimum absolute atomic E-state index is 0.852. The number of ether oxygens (including phenoxy) is 1. The van der Waals surface area contributed by atoms with Gasteiger partial charge in [-0.15, -0.1) is 0 Å². The van der Waals surface area contributed by atoms with Gasteiger partial charge in [-0.2, -0.15) is 0 Å². The molecule has 2 rings (SSSR count). The number of methoxy groups -OCH3 is 1. The maximum atomic E-state index is 5.14. The second-order valence-electron chi connectivity index (χ2n) is 5.50. The summed E-state index contributed by atoms with van der Waals surface area (Å²) in [6.07, 6.45) is 9.47. The Morgan fingerprint density at radius 1 is 0.870 bits per heavy atom. The molecule has 0 amide bonds. The van der Waals surface area contributed by atoms with Crippen LogP contribution in [0.4, 0.5) is 0 Å². The van der Waals surface area contributed by atoms with Crippen LogP contribution in [0.5, 0.6) is 5.75 Å². The maximum absolute atomic E-state index is 5.14. The highest BCUT2D eigenvalue weighted by Crippen LogP contribution is 2.11. The zero-order valence-electron chi connectivity index (χ0n) is 14.0. The SMILES string of the molecule is CCCCCC=Cc1ccc(C#Cc2ccc(OC)cc2)cc1. The molecule has 0 unspecified atom stereocenters. The Balaban J connectivity index is 1.93. The molecule has 118 valence electrons. The quantitative estimate of drug-likeness (QED) is 0.492. The highest BCUT2D eigenvalue weighted by atomic mass is 16.5. The van der Waals surface area contributed by atoms with Crippen LogP contribution in [0, 0.1) is 11.8 Å². The molecule has 0 fully saturated rings. The van der Waals surface area contributed by atoms with Crippen molar-refractivity contribution >= 4 is 6.08 Å². The van der Waals surface area contributed by atoms with Gasteiger partial charge in [0, 0.05) is 11.1 Å². The van der Waals surface area contributed by atoms with Crippen LogP contribution in [-0.4, -0.2) is 7.11 Å². The van der Waals surface area contributed by atoms with Crippen molar-refractivity contribution in [1.82, 2.24) is 0 Å². The number of hydrogen-bond donors (Lipinski definition) is 0. The van der Waals surface area contributed by atoms with Crippen LogP contribution in [0.2, 0.25) is 0 Å². The maximum Gasteiger partial charge on any atom is 0.118 e. The van der Waals surface area contributed by atoms with Crippen LogP contribution in [-0.2, 0) is 0 Å². The van der Waals surface area contributed by atoms with Gasteiger partial charge in [0.05, 0.1) is 7.11 Å². The summed E-state index contributed by atoms with van der Waals surface area (Å²) in [6.45, 7) is 2.23. The van der Waals surface area contributed by atoms with E-state index in [1.54, 1.807) is 7.11 Å². The lowest BCUT2D eigenvalue weighted by atomic mass is 10.1. The molecular weight excluding hydrogens is 280 g/mol. The smallest absolute Gasteiger partial charge is 0.118 e. The molecule has 0 aromatic heterocycles. The van der Waals surface area contributed by atoms with Crippen LogP contribution < -0.4 is 4.74 Å². The van der Waals surface area contributed by atoms with Gasteiger partial charge in [-0.05, 0) is 54.8 Å². The van der Waals surface area contributed by atoms with Crippen molar-refractivity contribution in [2.75, 3.05) is 7.11 Å². The number of allylic oxidation sites excluding steroid dienone is 1.